The lowest BCUT2D eigenvalue weighted by molar-refractivity contribution is -0.00220. The summed E-state index contributed by atoms with van der Waals surface area (Å²) >= 11 is 0. The van der Waals surface area contributed by atoms with Crippen LogP contribution in [0.2, 0.25) is 0 Å². The maximum absolute atomic E-state index is 12.9. The van der Waals surface area contributed by atoms with Crippen molar-refractivity contribution in [2.24, 2.45) is 0 Å². The summed E-state index contributed by atoms with van der Waals surface area (Å²) in [6.07, 6.45) is 9.65. The molecule has 1 saturated carbocycles. The van der Waals surface area contributed by atoms with Crippen molar-refractivity contribution in [3.63, 3.8) is 0 Å². The van der Waals surface area contributed by atoms with Gasteiger partial charge in [-0.3, -0.25) is 0 Å². The quantitative estimate of drug-likeness (QED) is 0.551. The zero-order valence-corrected chi connectivity index (χ0v) is 13.9. The Labute approximate surface area is 138 Å². The van der Waals surface area contributed by atoms with Crippen LogP contribution in [0.1, 0.15) is 49.7 Å². The van der Waals surface area contributed by atoms with Gasteiger partial charge in [0.15, 0.2) is 5.83 Å². The SMILES string of the molecule is CCc1ccc(C2CCC(C=CC=C(F)C#N)(OC)CC2)cc1. The molecule has 3 heteroatoms. The maximum Gasteiger partial charge on any atom is 0.199 e. The third-order valence-corrected chi connectivity index (χ3v) is 4.85. The largest absolute Gasteiger partial charge is 0.374 e. The molecule has 122 valence electrons. The van der Waals surface area contributed by atoms with Gasteiger partial charge in [0.25, 0.3) is 0 Å². The van der Waals surface area contributed by atoms with Gasteiger partial charge in [0.2, 0.25) is 0 Å². The highest BCUT2D eigenvalue weighted by molar-refractivity contribution is 5.27. The van der Waals surface area contributed by atoms with Crippen molar-refractivity contribution >= 4 is 0 Å². The van der Waals surface area contributed by atoms with Gasteiger partial charge in [-0.2, -0.15) is 9.65 Å². The summed E-state index contributed by atoms with van der Waals surface area (Å²) in [5, 5.41) is 8.43. The minimum absolute atomic E-state index is 0.341. The average molecular weight is 313 g/mol. The van der Waals surface area contributed by atoms with Crippen LogP contribution in [0.3, 0.4) is 0 Å². The van der Waals surface area contributed by atoms with Crippen molar-refractivity contribution in [3.8, 4) is 6.07 Å². The van der Waals surface area contributed by atoms with E-state index in [1.807, 2.05) is 6.08 Å². The number of benzene rings is 1. The number of ether oxygens (including phenoxy) is 1. The van der Waals surface area contributed by atoms with E-state index in [1.54, 1.807) is 13.2 Å². The first kappa shape index (κ1) is 17.4. The molecule has 0 aliphatic heterocycles. The Bertz CT molecular complexity index is 602. The molecule has 2 nitrogen and oxygen atoms in total. The molecule has 0 atom stereocenters. The highest BCUT2D eigenvalue weighted by Gasteiger charge is 2.33. The van der Waals surface area contributed by atoms with Crippen LogP contribution in [0.15, 0.2) is 48.3 Å². The molecule has 1 fully saturated rings. The van der Waals surface area contributed by atoms with Crippen molar-refractivity contribution in [1.29, 1.82) is 5.26 Å². The zero-order valence-electron chi connectivity index (χ0n) is 13.9. The van der Waals surface area contributed by atoms with Crippen LogP contribution in [0.5, 0.6) is 0 Å². The molecule has 1 aromatic rings. The number of aryl methyl sites for hydroxylation is 1. The fourth-order valence-electron chi connectivity index (χ4n) is 3.25. The van der Waals surface area contributed by atoms with Crippen LogP contribution in [-0.4, -0.2) is 12.7 Å². The lowest BCUT2D eigenvalue weighted by Crippen LogP contribution is -2.33. The van der Waals surface area contributed by atoms with E-state index in [0.717, 1.165) is 32.1 Å². The predicted octanol–water partition coefficient (Wildman–Crippen LogP) is 5.22. The van der Waals surface area contributed by atoms with E-state index in [9.17, 15) is 4.39 Å². The maximum atomic E-state index is 12.9. The van der Waals surface area contributed by atoms with E-state index in [2.05, 4.69) is 31.2 Å². The molecule has 0 heterocycles. The van der Waals surface area contributed by atoms with Gasteiger partial charge >= 0.3 is 0 Å². The Kier molecular flexibility index (Phi) is 6.12. The minimum Gasteiger partial charge on any atom is -0.374 e. The van der Waals surface area contributed by atoms with Crippen molar-refractivity contribution in [2.75, 3.05) is 7.11 Å². The van der Waals surface area contributed by atoms with Crippen LogP contribution in [0, 0.1) is 11.3 Å². The molecule has 0 amide bonds. The van der Waals surface area contributed by atoms with Gasteiger partial charge in [0.05, 0.1) is 5.60 Å². The molecule has 0 aromatic heterocycles. The van der Waals surface area contributed by atoms with Crippen molar-refractivity contribution in [1.82, 2.24) is 0 Å². The zero-order chi connectivity index (χ0) is 16.7. The molecule has 1 aliphatic rings. The predicted molar refractivity (Wildman–Crippen MR) is 90.7 cm³/mol. The van der Waals surface area contributed by atoms with Gasteiger partial charge in [0.1, 0.15) is 6.07 Å². The van der Waals surface area contributed by atoms with Crippen molar-refractivity contribution in [2.45, 2.75) is 50.5 Å². The van der Waals surface area contributed by atoms with E-state index >= 15 is 0 Å². The van der Waals surface area contributed by atoms with Crippen LogP contribution >= 0.6 is 0 Å². The van der Waals surface area contributed by atoms with Gasteiger partial charge < -0.3 is 4.74 Å². The number of hydrogen-bond acceptors (Lipinski definition) is 2. The van der Waals surface area contributed by atoms with Gasteiger partial charge in [0, 0.05) is 7.11 Å². The highest BCUT2D eigenvalue weighted by Crippen LogP contribution is 2.40. The molecule has 0 bridgehead atoms. The number of halogens is 1. The third kappa shape index (κ3) is 4.53. The van der Waals surface area contributed by atoms with E-state index in [1.165, 1.54) is 23.3 Å². The smallest absolute Gasteiger partial charge is 0.199 e. The highest BCUT2D eigenvalue weighted by atomic mass is 19.1. The number of hydrogen-bond donors (Lipinski definition) is 0. The van der Waals surface area contributed by atoms with Gasteiger partial charge in [-0.1, -0.05) is 43.3 Å². The molecule has 0 saturated heterocycles. The first-order chi connectivity index (χ1) is 11.1. The molecule has 1 aliphatic carbocycles. The second-order valence-corrected chi connectivity index (χ2v) is 6.12. The second kappa shape index (κ2) is 8.08. The third-order valence-electron chi connectivity index (χ3n) is 4.85. The Balaban J connectivity index is 2.01. The Hall–Kier alpha value is -1.92. The summed E-state index contributed by atoms with van der Waals surface area (Å²) in [5.41, 5.74) is 2.42. The van der Waals surface area contributed by atoms with E-state index in [-0.39, 0.29) is 5.60 Å². The minimum atomic E-state index is -0.780. The summed E-state index contributed by atoms with van der Waals surface area (Å²) in [6.45, 7) is 2.17. The Morgan fingerprint density at radius 3 is 2.52 bits per heavy atom. The fraction of sp³-hybridized carbons (Fsp3) is 0.450. The lowest BCUT2D eigenvalue weighted by atomic mass is 9.75. The van der Waals surface area contributed by atoms with E-state index in [4.69, 9.17) is 10.00 Å². The first-order valence-electron chi connectivity index (χ1n) is 8.21. The van der Waals surface area contributed by atoms with E-state index < -0.39 is 5.83 Å². The van der Waals surface area contributed by atoms with E-state index in [0.29, 0.717) is 5.92 Å². The lowest BCUT2D eigenvalue weighted by Gasteiger charge is -2.37. The summed E-state index contributed by atoms with van der Waals surface area (Å²) < 4.78 is 18.6. The molecular weight excluding hydrogens is 289 g/mol. The number of allylic oxidation sites excluding steroid dienone is 3. The summed E-state index contributed by atoms with van der Waals surface area (Å²) in [5.74, 6) is -0.221. The number of nitriles is 1. The fourth-order valence-corrected chi connectivity index (χ4v) is 3.25. The normalized spacial score (nSPS) is 25.5. The molecule has 0 N–H and O–H groups in total. The molecule has 2 rings (SSSR count). The number of nitrogens with zero attached hydrogens (tertiary/aromatic N) is 1. The molecule has 0 unspecified atom stereocenters. The summed E-state index contributed by atoms with van der Waals surface area (Å²) in [4.78, 5) is 0. The first-order valence-corrected chi connectivity index (χ1v) is 8.21. The van der Waals surface area contributed by atoms with Crippen LogP contribution in [0.4, 0.5) is 4.39 Å². The van der Waals surface area contributed by atoms with Gasteiger partial charge in [-0.25, -0.2) is 0 Å². The van der Waals surface area contributed by atoms with Gasteiger partial charge in [-0.15, -0.1) is 0 Å². The molecule has 1 aromatic carbocycles. The van der Waals surface area contributed by atoms with Crippen LogP contribution in [-0.2, 0) is 11.2 Å². The van der Waals surface area contributed by atoms with Crippen molar-refractivity contribution in [3.05, 3.63) is 59.4 Å². The van der Waals surface area contributed by atoms with Crippen LogP contribution in [0.25, 0.3) is 0 Å². The van der Waals surface area contributed by atoms with Crippen molar-refractivity contribution < 1.29 is 9.13 Å². The topological polar surface area (TPSA) is 33.0 Å². The summed E-state index contributed by atoms with van der Waals surface area (Å²) in [6, 6.07) is 10.4. The van der Waals surface area contributed by atoms with Gasteiger partial charge in [-0.05, 0) is 55.2 Å². The second-order valence-electron chi connectivity index (χ2n) is 6.12. The molecule has 23 heavy (non-hydrogen) atoms. The number of rotatable bonds is 5. The molecule has 0 radical (unpaired) electrons. The Morgan fingerprint density at radius 2 is 2.00 bits per heavy atom. The standard InChI is InChI=1S/C20H24FNO/c1-3-16-6-8-17(9-7-16)18-10-13-20(23-2,14-11-18)12-4-5-19(21)15-22/h4-9,12,18H,3,10-11,13-14H2,1-2H3. The van der Waals surface area contributed by atoms with Crippen LogP contribution < -0.4 is 0 Å². The Morgan fingerprint density at radius 1 is 1.35 bits per heavy atom. The number of methoxy groups -OCH3 is 1. The summed E-state index contributed by atoms with van der Waals surface area (Å²) in [7, 11) is 1.70. The molecule has 0 spiro atoms. The average Bonchev–Trinajstić information content (AvgIpc) is 2.62. The monoisotopic (exact) mass is 313 g/mol. The molecular formula is C20H24FNO.